The summed E-state index contributed by atoms with van der Waals surface area (Å²) in [6.45, 7) is 0.614. The van der Waals surface area contributed by atoms with Crippen LogP contribution in [0.2, 0.25) is 5.02 Å². The molecule has 2 aromatic rings. The van der Waals surface area contributed by atoms with E-state index in [0.29, 0.717) is 23.6 Å². The second-order valence-corrected chi connectivity index (χ2v) is 4.83. The van der Waals surface area contributed by atoms with Crippen LogP contribution in [0.5, 0.6) is 0 Å². The van der Waals surface area contributed by atoms with E-state index in [1.54, 1.807) is 12.1 Å². The molecule has 1 aromatic heterocycles. The maximum Gasteiger partial charge on any atom is 0.224 e. The number of amides is 1. The molecule has 0 atom stereocenters. The van der Waals surface area contributed by atoms with Gasteiger partial charge in [-0.05, 0) is 17.7 Å². The standard InChI is InChI=1S/C13H11ClN2O2/c14-8-3-7(6-17)13-9-5-12(18)15-2-1-10(9)16-11(13)4-8/h3-4,6,16H,1-2,5H2,(H,15,18). The number of carbonyl (C=O) groups excluding carboxylic acids is 2. The Morgan fingerprint density at radius 3 is 2.94 bits per heavy atom. The van der Waals surface area contributed by atoms with Crippen molar-refractivity contribution in [3.05, 3.63) is 34.0 Å². The third kappa shape index (κ3) is 1.69. The number of aromatic amines is 1. The van der Waals surface area contributed by atoms with Crippen molar-refractivity contribution in [2.45, 2.75) is 12.8 Å². The topological polar surface area (TPSA) is 62.0 Å². The van der Waals surface area contributed by atoms with E-state index in [2.05, 4.69) is 10.3 Å². The minimum absolute atomic E-state index is 0.0125. The van der Waals surface area contributed by atoms with Gasteiger partial charge in [0.15, 0.2) is 6.29 Å². The van der Waals surface area contributed by atoms with E-state index in [9.17, 15) is 9.59 Å². The van der Waals surface area contributed by atoms with Crippen molar-refractivity contribution >= 4 is 34.7 Å². The first-order chi connectivity index (χ1) is 8.69. The first-order valence-corrected chi connectivity index (χ1v) is 6.11. The Balaban J connectivity index is 2.33. The number of hydrogen-bond donors (Lipinski definition) is 2. The highest BCUT2D eigenvalue weighted by Gasteiger charge is 2.20. The molecule has 4 nitrogen and oxygen atoms in total. The smallest absolute Gasteiger partial charge is 0.224 e. The minimum atomic E-state index is -0.0125. The van der Waals surface area contributed by atoms with Crippen molar-refractivity contribution in [3.63, 3.8) is 0 Å². The van der Waals surface area contributed by atoms with E-state index in [1.165, 1.54) is 0 Å². The van der Waals surface area contributed by atoms with Gasteiger partial charge in [0.25, 0.3) is 0 Å². The van der Waals surface area contributed by atoms with Crippen molar-refractivity contribution in [1.82, 2.24) is 10.3 Å². The molecule has 3 rings (SSSR count). The summed E-state index contributed by atoms with van der Waals surface area (Å²) in [6, 6.07) is 3.42. The van der Waals surface area contributed by atoms with Crippen LogP contribution in [0.1, 0.15) is 21.6 Å². The van der Waals surface area contributed by atoms with Gasteiger partial charge in [0, 0.05) is 40.1 Å². The van der Waals surface area contributed by atoms with Gasteiger partial charge in [-0.1, -0.05) is 11.6 Å². The van der Waals surface area contributed by atoms with Gasteiger partial charge >= 0.3 is 0 Å². The minimum Gasteiger partial charge on any atom is -0.358 e. The van der Waals surface area contributed by atoms with Crippen molar-refractivity contribution in [2.75, 3.05) is 6.54 Å². The summed E-state index contributed by atoms with van der Waals surface area (Å²) in [5, 5.41) is 4.16. The van der Waals surface area contributed by atoms with Crippen LogP contribution in [-0.2, 0) is 17.6 Å². The molecule has 0 fully saturated rings. The quantitative estimate of drug-likeness (QED) is 0.771. The molecule has 0 radical (unpaired) electrons. The highest BCUT2D eigenvalue weighted by Crippen LogP contribution is 2.30. The third-order valence-electron chi connectivity index (χ3n) is 3.25. The average molecular weight is 263 g/mol. The molecule has 0 unspecified atom stereocenters. The Hall–Kier alpha value is -1.81. The van der Waals surface area contributed by atoms with Crippen LogP contribution in [0.15, 0.2) is 12.1 Å². The van der Waals surface area contributed by atoms with E-state index in [4.69, 9.17) is 11.6 Å². The third-order valence-corrected chi connectivity index (χ3v) is 3.46. The van der Waals surface area contributed by atoms with E-state index >= 15 is 0 Å². The molecular weight excluding hydrogens is 252 g/mol. The molecular formula is C13H11ClN2O2. The van der Waals surface area contributed by atoms with E-state index < -0.39 is 0 Å². The van der Waals surface area contributed by atoms with E-state index in [1.807, 2.05) is 0 Å². The fraction of sp³-hybridized carbons (Fsp3) is 0.231. The van der Waals surface area contributed by atoms with Gasteiger partial charge in [-0.2, -0.15) is 0 Å². The van der Waals surface area contributed by atoms with Crippen LogP contribution < -0.4 is 5.32 Å². The zero-order valence-electron chi connectivity index (χ0n) is 9.55. The maximum atomic E-state index is 11.6. The summed E-state index contributed by atoms with van der Waals surface area (Å²) in [7, 11) is 0. The number of benzene rings is 1. The lowest BCUT2D eigenvalue weighted by atomic mass is 10.0. The molecule has 18 heavy (non-hydrogen) atoms. The first kappa shape index (κ1) is 11.3. The van der Waals surface area contributed by atoms with Crippen molar-refractivity contribution in [2.24, 2.45) is 0 Å². The molecule has 0 bridgehead atoms. The summed E-state index contributed by atoms with van der Waals surface area (Å²) in [5.74, 6) is -0.0125. The number of fused-ring (bicyclic) bond motifs is 3. The Morgan fingerprint density at radius 2 is 2.17 bits per heavy atom. The highest BCUT2D eigenvalue weighted by molar-refractivity contribution is 6.31. The molecule has 0 saturated carbocycles. The van der Waals surface area contributed by atoms with E-state index in [-0.39, 0.29) is 5.91 Å². The van der Waals surface area contributed by atoms with Crippen LogP contribution >= 0.6 is 11.6 Å². The maximum absolute atomic E-state index is 11.6. The lowest BCUT2D eigenvalue weighted by Crippen LogP contribution is -2.24. The summed E-state index contributed by atoms with van der Waals surface area (Å²) < 4.78 is 0. The number of hydrogen-bond acceptors (Lipinski definition) is 2. The predicted molar refractivity (Wildman–Crippen MR) is 69.1 cm³/mol. The fourth-order valence-corrected chi connectivity index (χ4v) is 2.73. The van der Waals surface area contributed by atoms with Crippen LogP contribution in [0.25, 0.3) is 10.9 Å². The fourth-order valence-electron chi connectivity index (χ4n) is 2.50. The molecule has 1 aliphatic heterocycles. The van der Waals surface area contributed by atoms with Crippen LogP contribution in [0, 0.1) is 0 Å². The Labute approximate surface area is 108 Å². The van der Waals surface area contributed by atoms with Gasteiger partial charge < -0.3 is 10.3 Å². The molecule has 0 spiro atoms. The van der Waals surface area contributed by atoms with Gasteiger partial charge in [0.05, 0.1) is 6.42 Å². The molecule has 0 saturated heterocycles. The molecule has 0 aliphatic carbocycles. The Bertz CT molecular complexity index is 661. The average Bonchev–Trinajstić information content (AvgIpc) is 2.55. The number of rotatable bonds is 1. The van der Waals surface area contributed by atoms with Gasteiger partial charge in [-0.3, -0.25) is 9.59 Å². The molecule has 2 heterocycles. The monoisotopic (exact) mass is 262 g/mol. The number of H-pyrrole nitrogens is 1. The van der Waals surface area contributed by atoms with Gasteiger partial charge in [-0.25, -0.2) is 0 Å². The van der Waals surface area contributed by atoms with Gasteiger partial charge in [-0.15, -0.1) is 0 Å². The molecule has 1 aromatic carbocycles. The highest BCUT2D eigenvalue weighted by atomic mass is 35.5. The Morgan fingerprint density at radius 1 is 1.33 bits per heavy atom. The van der Waals surface area contributed by atoms with Gasteiger partial charge in [0.2, 0.25) is 5.91 Å². The molecule has 92 valence electrons. The summed E-state index contributed by atoms with van der Waals surface area (Å²) in [4.78, 5) is 26.0. The number of aldehydes is 1. The molecule has 1 amide bonds. The summed E-state index contributed by atoms with van der Waals surface area (Å²) in [6.07, 6.45) is 1.83. The van der Waals surface area contributed by atoms with Crippen LogP contribution in [-0.4, -0.2) is 23.7 Å². The summed E-state index contributed by atoms with van der Waals surface area (Å²) in [5.41, 5.74) is 3.28. The van der Waals surface area contributed by atoms with Crippen molar-refractivity contribution in [3.8, 4) is 0 Å². The normalized spacial score (nSPS) is 15.1. The largest absolute Gasteiger partial charge is 0.358 e. The Kier molecular flexibility index (Phi) is 2.59. The zero-order valence-corrected chi connectivity index (χ0v) is 10.3. The second-order valence-electron chi connectivity index (χ2n) is 4.39. The lowest BCUT2D eigenvalue weighted by Gasteiger charge is -2.01. The molecule has 2 N–H and O–H groups in total. The summed E-state index contributed by atoms with van der Waals surface area (Å²) >= 11 is 5.97. The zero-order chi connectivity index (χ0) is 12.7. The second kappa shape index (κ2) is 4.14. The number of nitrogens with one attached hydrogen (secondary N) is 2. The van der Waals surface area contributed by atoms with Crippen molar-refractivity contribution in [1.29, 1.82) is 0 Å². The molecule has 1 aliphatic rings. The number of halogens is 1. The molecule has 5 heteroatoms. The first-order valence-electron chi connectivity index (χ1n) is 5.74. The van der Waals surface area contributed by atoms with Crippen LogP contribution in [0.4, 0.5) is 0 Å². The lowest BCUT2D eigenvalue weighted by molar-refractivity contribution is -0.120. The van der Waals surface area contributed by atoms with E-state index in [0.717, 1.165) is 34.9 Å². The van der Waals surface area contributed by atoms with Crippen molar-refractivity contribution < 1.29 is 9.59 Å². The van der Waals surface area contributed by atoms with Gasteiger partial charge in [0.1, 0.15) is 0 Å². The number of carbonyl (C=O) groups is 2. The SMILES string of the molecule is O=Cc1cc(Cl)cc2[nH]c3c(c12)CC(=O)NCC3. The number of aromatic nitrogens is 1. The van der Waals surface area contributed by atoms with Crippen LogP contribution in [0.3, 0.4) is 0 Å². The predicted octanol–water partition coefficient (Wildman–Crippen LogP) is 1.85.